The molecule has 0 heterocycles. The fourth-order valence-electron chi connectivity index (χ4n) is 0.786. The van der Waals surface area contributed by atoms with E-state index in [0.29, 0.717) is 10.6 Å². The molecule has 0 aliphatic heterocycles. The molecule has 0 bridgehead atoms. The van der Waals surface area contributed by atoms with E-state index in [9.17, 15) is 0 Å². The van der Waals surface area contributed by atoms with Crippen LogP contribution >= 0.6 is 12.6 Å². The van der Waals surface area contributed by atoms with Crippen LogP contribution in [0.1, 0.15) is 0 Å². The fraction of sp³-hybridized carbons (Fsp3) is 0. The van der Waals surface area contributed by atoms with E-state index in [1.165, 1.54) is 6.07 Å². The van der Waals surface area contributed by atoms with Gasteiger partial charge in [0.1, 0.15) is 0 Å². The molecule has 0 saturated carbocycles. The number of anilines is 1. The maximum atomic E-state index is 8.77. The lowest BCUT2D eigenvalue weighted by atomic mass is 9.79. The second-order valence-corrected chi connectivity index (χ2v) is 2.70. The number of benzene rings is 1. The number of nitrogens with two attached hydrogens (primary N) is 1. The van der Waals surface area contributed by atoms with Crippen molar-refractivity contribution in [2.24, 2.45) is 0 Å². The maximum Gasteiger partial charge on any atom is 0.490 e. The summed E-state index contributed by atoms with van der Waals surface area (Å²) in [6.45, 7) is 0. The first-order valence-corrected chi connectivity index (χ1v) is 3.50. The molecule has 0 fully saturated rings. The molecule has 3 nitrogen and oxygen atoms in total. The van der Waals surface area contributed by atoms with Crippen molar-refractivity contribution in [3.63, 3.8) is 0 Å². The van der Waals surface area contributed by atoms with Crippen molar-refractivity contribution in [3.05, 3.63) is 18.2 Å². The minimum absolute atomic E-state index is 0.289. The van der Waals surface area contributed by atoms with E-state index in [1.54, 1.807) is 12.1 Å². The van der Waals surface area contributed by atoms with E-state index in [1.807, 2.05) is 0 Å². The molecule has 0 saturated heterocycles. The van der Waals surface area contributed by atoms with Gasteiger partial charge >= 0.3 is 7.12 Å². The topological polar surface area (TPSA) is 66.5 Å². The molecule has 0 aliphatic carbocycles. The normalized spacial score (nSPS) is 9.73. The maximum absolute atomic E-state index is 8.77. The number of hydrogen-bond donors (Lipinski definition) is 4. The van der Waals surface area contributed by atoms with Gasteiger partial charge in [-0.3, -0.25) is 0 Å². The molecule has 0 atom stereocenters. The van der Waals surface area contributed by atoms with Crippen molar-refractivity contribution in [3.8, 4) is 0 Å². The lowest BCUT2D eigenvalue weighted by Crippen LogP contribution is -2.32. The molecule has 0 aromatic heterocycles. The third kappa shape index (κ3) is 1.89. The molecule has 0 amide bonds. The van der Waals surface area contributed by atoms with Crippen LogP contribution in [0, 0.1) is 0 Å². The summed E-state index contributed by atoms with van der Waals surface area (Å²) in [4.78, 5) is 0.655. The Bertz CT molecular complexity index is 267. The van der Waals surface area contributed by atoms with Crippen LogP contribution < -0.4 is 11.2 Å². The minimum Gasteiger partial charge on any atom is -0.423 e. The van der Waals surface area contributed by atoms with Gasteiger partial charge in [-0.2, -0.15) is 0 Å². The Morgan fingerprint density at radius 3 is 2.45 bits per heavy atom. The van der Waals surface area contributed by atoms with Crippen LogP contribution in [-0.4, -0.2) is 17.2 Å². The highest BCUT2D eigenvalue weighted by atomic mass is 32.1. The van der Waals surface area contributed by atoms with Gasteiger partial charge in [0, 0.05) is 16.0 Å². The van der Waals surface area contributed by atoms with E-state index in [4.69, 9.17) is 15.8 Å². The highest BCUT2D eigenvalue weighted by Crippen LogP contribution is 2.06. The Morgan fingerprint density at radius 2 is 2.00 bits per heavy atom. The van der Waals surface area contributed by atoms with Gasteiger partial charge in [0.15, 0.2) is 0 Å². The zero-order valence-corrected chi connectivity index (χ0v) is 6.62. The molecule has 58 valence electrons. The highest BCUT2D eigenvalue weighted by molar-refractivity contribution is 7.80. The van der Waals surface area contributed by atoms with Crippen molar-refractivity contribution in [1.29, 1.82) is 0 Å². The van der Waals surface area contributed by atoms with E-state index in [2.05, 4.69) is 12.6 Å². The van der Waals surface area contributed by atoms with Gasteiger partial charge in [-0.25, -0.2) is 0 Å². The van der Waals surface area contributed by atoms with Gasteiger partial charge in [0.2, 0.25) is 0 Å². The molecule has 11 heavy (non-hydrogen) atoms. The molecule has 4 N–H and O–H groups in total. The molecule has 0 unspecified atom stereocenters. The molecule has 0 spiro atoms. The lowest BCUT2D eigenvalue weighted by molar-refractivity contribution is 0.426. The Labute approximate surface area is 70.4 Å². The first kappa shape index (κ1) is 8.45. The number of rotatable bonds is 1. The monoisotopic (exact) mass is 169 g/mol. The van der Waals surface area contributed by atoms with E-state index >= 15 is 0 Å². The summed E-state index contributed by atoms with van der Waals surface area (Å²) in [5, 5.41) is 17.5. The largest absolute Gasteiger partial charge is 0.490 e. The Balaban J connectivity index is 3.13. The summed E-state index contributed by atoms with van der Waals surface area (Å²) >= 11 is 4.02. The standard InChI is InChI=1S/C6H8BNO2S/c8-6-2-1-4(11)3-5(6)7(9)10/h1-3,9-11H,8H2. The summed E-state index contributed by atoms with van der Waals surface area (Å²) in [7, 11) is -1.53. The second-order valence-electron chi connectivity index (χ2n) is 2.19. The SMILES string of the molecule is Nc1ccc(S)cc1B(O)O. The summed E-state index contributed by atoms with van der Waals surface area (Å²) < 4.78 is 0. The van der Waals surface area contributed by atoms with Crippen molar-refractivity contribution < 1.29 is 10.0 Å². The zero-order valence-electron chi connectivity index (χ0n) is 5.73. The van der Waals surface area contributed by atoms with Gasteiger partial charge in [-0.1, -0.05) is 0 Å². The molecule has 1 aromatic rings. The molecular formula is C6H8BNO2S. The highest BCUT2D eigenvalue weighted by Gasteiger charge is 2.13. The van der Waals surface area contributed by atoms with Crippen molar-refractivity contribution in [2.45, 2.75) is 4.90 Å². The summed E-state index contributed by atoms with van der Waals surface area (Å²) in [6, 6.07) is 4.78. The van der Waals surface area contributed by atoms with E-state index in [-0.39, 0.29) is 5.46 Å². The van der Waals surface area contributed by atoms with Gasteiger partial charge in [0.05, 0.1) is 0 Å². The first-order chi connectivity index (χ1) is 5.11. The van der Waals surface area contributed by atoms with Crippen molar-refractivity contribution in [1.82, 2.24) is 0 Å². The van der Waals surface area contributed by atoms with Crippen LogP contribution in [0.15, 0.2) is 23.1 Å². The van der Waals surface area contributed by atoms with Gasteiger partial charge in [0.25, 0.3) is 0 Å². The minimum atomic E-state index is -1.53. The van der Waals surface area contributed by atoms with E-state index < -0.39 is 7.12 Å². The average molecular weight is 169 g/mol. The molecule has 1 aromatic carbocycles. The number of hydrogen-bond acceptors (Lipinski definition) is 4. The summed E-state index contributed by atoms with van der Waals surface area (Å²) in [6.07, 6.45) is 0. The second kappa shape index (κ2) is 3.17. The van der Waals surface area contributed by atoms with Gasteiger partial charge in [-0.05, 0) is 18.2 Å². The number of thiol groups is 1. The Kier molecular flexibility index (Phi) is 2.43. The van der Waals surface area contributed by atoms with Crippen LogP contribution in [0.3, 0.4) is 0 Å². The molecular weight excluding hydrogens is 161 g/mol. The smallest absolute Gasteiger partial charge is 0.423 e. The summed E-state index contributed by atoms with van der Waals surface area (Å²) in [5.41, 5.74) is 6.08. The third-order valence-corrected chi connectivity index (χ3v) is 1.63. The quantitative estimate of drug-likeness (QED) is 0.253. The lowest BCUT2D eigenvalue weighted by Gasteiger charge is -2.03. The van der Waals surface area contributed by atoms with Crippen LogP contribution in [0.25, 0.3) is 0 Å². The van der Waals surface area contributed by atoms with Crippen LogP contribution in [-0.2, 0) is 0 Å². The predicted octanol–water partition coefficient (Wildman–Crippen LogP) is -0.763. The zero-order chi connectivity index (χ0) is 8.43. The number of nitrogen functional groups attached to an aromatic ring is 1. The third-order valence-electron chi connectivity index (χ3n) is 1.35. The Morgan fingerprint density at radius 1 is 1.36 bits per heavy atom. The molecule has 1 rings (SSSR count). The van der Waals surface area contributed by atoms with Gasteiger partial charge in [-0.15, -0.1) is 12.6 Å². The predicted molar refractivity (Wildman–Crippen MR) is 47.9 cm³/mol. The Hall–Kier alpha value is -0.645. The molecule has 0 aliphatic rings. The molecule has 0 radical (unpaired) electrons. The van der Waals surface area contributed by atoms with Crippen molar-refractivity contribution >= 4 is 30.9 Å². The molecule has 5 heteroatoms. The van der Waals surface area contributed by atoms with Crippen LogP contribution in [0.5, 0.6) is 0 Å². The van der Waals surface area contributed by atoms with Crippen LogP contribution in [0.2, 0.25) is 0 Å². The van der Waals surface area contributed by atoms with Gasteiger partial charge < -0.3 is 15.8 Å². The first-order valence-electron chi connectivity index (χ1n) is 3.06. The van der Waals surface area contributed by atoms with Crippen LogP contribution in [0.4, 0.5) is 5.69 Å². The average Bonchev–Trinajstić information content (AvgIpc) is 1.94. The summed E-state index contributed by atoms with van der Waals surface area (Å²) in [5.74, 6) is 0. The van der Waals surface area contributed by atoms with Crippen molar-refractivity contribution in [2.75, 3.05) is 5.73 Å². The fourth-order valence-corrected chi connectivity index (χ4v) is 0.999. The van der Waals surface area contributed by atoms with E-state index in [0.717, 1.165) is 0 Å².